The third-order valence-corrected chi connectivity index (χ3v) is 3.01. The summed E-state index contributed by atoms with van der Waals surface area (Å²) in [4.78, 5) is 33.6. The van der Waals surface area contributed by atoms with Crippen LogP contribution in [0.2, 0.25) is 0 Å². The molecule has 0 aliphatic carbocycles. The molecule has 20 heavy (non-hydrogen) atoms. The molecule has 6 heteroatoms. The van der Waals surface area contributed by atoms with E-state index in [1.54, 1.807) is 0 Å². The number of esters is 1. The van der Waals surface area contributed by atoms with Gasteiger partial charge in [0.25, 0.3) is 0 Å². The number of hydrogen-bond acceptors (Lipinski definition) is 4. The molecular formula is C14H25NO5. The molecule has 0 heterocycles. The van der Waals surface area contributed by atoms with Crippen molar-refractivity contribution in [3.8, 4) is 0 Å². The van der Waals surface area contributed by atoms with Crippen LogP contribution in [0.4, 0.5) is 0 Å². The van der Waals surface area contributed by atoms with E-state index in [1.807, 2.05) is 0 Å². The highest BCUT2D eigenvalue weighted by molar-refractivity contribution is 5.83. The first-order valence-electron chi connectivity index (χ1n) is 7.10. The van der Waals surface area contributed by atoms with Crippen LogP contribution in [0.1, 0.15) is 58.3 Å². The number of aliphatic carboxylic acids is 1. The van der Waals surface area contributed by atoms with Gasteiger partial charge in [-0.05, 0) is 12.8 Å². The van der Waals surface area contributed by atoms with E-state index in [2.05, 4.69) is 17.0 Å². The summed E-state index contributed by atoms with van der Waals surface area (Å²) in [5.41, 5.74) is 0. The molecule has 1 unspecified atom stereocenters. The van der Waals surface area contributed by atoms with E-state index in [1.165, 1.54) is 7.11 Å². The van der Waals surface area contributed by atoms with Gasteiger partial charge in [0.2, 0.25) is 5.91 Å². The number of carboxylic acids is 1. The minimum absolute atomic E-state index is 0.0236. The van der Waals surface area contributed by atoms with Crippen molar-refractivity contribution in [2.75, 3.05) is 7.11 Å². The molecule has 0 aliphatic rings. The van der Waals surface area contributed by atoms with Gasteiger partial charge in [-0.3, -0.25) is 9.59 Å². The molecule has 1 atom stereocenters. The number of nitrogens with one attached hydrogen (secondary N) is 1. The third-order valence-electron chi connectivity index (χ3n) is 3.01. The lowest BCUT2D eigenvalue weighted by Gasteiger charge is -2.13. The van der Waals surface area contributed by atoms with Crippen molar-refractivity contribution in [1.82, 2.24) is 5.32 Å². The van der Waals surface area contributed by atoms with E-state index >= 15 is 0 Å². The maximum absolute atomic E-state index is 11.6. The molecule has 2 N–H and O–H groups in total. The van der Waals surface area contributed by atoms with Crippen LogP contribution in [0, 0.1) is 0 Å². The summed E-state index contributed by atoms with van der Waals surface area (Å²) in [5.74, 6) is -1.89. The van der Waals surface area contributed by atoms with Crippen LogP contribution in [0.3, 0.4) is 0 Å². The molecule has 0 aliphatic heterocycles. The van der Waals surface area contributed by atoms with Gasteiger partial charge in [0.05, 0.1) is 7.11 Å². The molecule has 1 amide bonds. The van der Waals surface area contributed by atoms with Crippen LogP contribution in [0.5, 0.6) is 0 Å². The molecule has 0 rings (SSSR count). The number of carbonyl (C=O) groups is 3. The fourth-order valence-electron chi connectivity index (χ4n) is 1.78. The quantitative estimate of drug-likeness (QED) is 0.447. The van der Waals surface area contributed by atoms with Crippen molar-refractivity contribution in [3.05, 3.63) is 0 Å². The van der Waals surface area contributed by atoms with Crippen molar-refractivity contribution >= 4 is 17.8 Å². The lowest BCUT2D eigenvalue weighted by Crippen LogP contribution is -2.41. The second-order valence-electron chi connectivity index (χ2n) is 4.74. The van der Waals surface area contributed by atoms with Gasteiger partial charge >= 0.3 is 11.9 Å². The van der Waals surface area contributed by atoms with E-state index in [-0.39, 0.29) is 18.7 Å². The number of rotatable bonds is 11. The lowest BCUT2D eigenvalue weighted by atomic mass is 10.1. The van der Waals surface area contributed by atoms with Crippen molar-refractivity contribution in [3.63, 3.8) is 0 Å². The van der Waals surface area contributed by atoms with Crippen LogP contribution in [0.25, 0.3) is 0 Å². The van der Waals surface area contributed by atoms with Gasteiger partial charge in [-0.1, -0.05) is 32.6 Å². The highest BCUT2D eigenvalue weighted by Gasteiger charge is 2.20. The van der Waals surface area contributed by atoms with E-state index in [9.17, 15) is 14.4 Å². The zero-order valence-electron chi connectivity index (χ0n) is 12.3. The van der Waals surface area contributed by atoms with E-state index in [0.717, 1.165) is 32.1 Å². The fourth-order valence-corrected chi connectivity index (χ4v) is 1.78. The molecule has 6 nitrogen and oxygen atoms in total. The topological polar surface area (TPSA) is 92.7 Å². The van der Waals surface area contributed by atoms with Gasteiger partial charge in [-0.15, -0.1) is 0 Å². The number of unbranched alkanes of at least 4 members (excludes halogenated alkanes) is 4. The zero-order valence-corrected chi connectivity index (χ0v) is 12.3. The molecular weight excluding hydrogens is 262 g/mol. The predicted molar refractivity (Wildman–Crippen MR) is 74.2 cm³/mol. The molecule has 0 saturated heterocycles. The molecule has 0 bridgehead atoms. The molecule has 0 radical (unpaired) electrons. The fraction of sp³-hybridized carbons (Fsp3) is 0.786. The van der Waals surface area contributed by atoms with Crippen molar-refractivity contribution in [1.29, 1.82) is 0 Å². The summed E-state index contributed by atoms with van der Waals surface area (Å²) >= 11 is 0. The normalized spacial score (nSPS) is 11.7. The molecule has 0 aromatic carbocycles. The Bertz CT molecular complexity index is 317. The van der Waals surface area contributed by atoms with Crippen LogP contribution < -0.4 is 5.32 Å². The molecule has 0 spiro atoms. The minimum atomic E-state index is -1.13. The van der Waals surface area contributed by atoms with Crippen LogP contribution in [0.15, 0.2) is 0 Å². The van der Waals surface area contributed by atoms with Crippen molar-refractivity contribution < 1.29 is 24.2 Å². The lowest BCUT2D eigenvalue weighted by molar-refractivity contribution is -0.144. The van der Waals surface area contributed by atoms with Gasteiger partial charge in [-0.2, -0.15) is 0 Å². The zero-order chi connectivity index (χ0) is 15.4. The Hall–Kier alpha value is -1.59. The third kappa shape index (κ3) is 9.35. The monoisotopic (exact) mass is 287 g/mol. The van der Waals surface area contributed by atoms with Gasteiger partial charge in [0, 0.05) is 12.8 Å². The maximum atomic E-state index is 11.6. The molecule has 0 aromatic heterocycles. The first kappa shape index (κ1) is 18.4. The Balaban J connectivity index is 3.96. The summed E-state index contributed by atoms with van der Waals surface area (Å²) in [6.07, 6.45) is 5.46. The maximum Gasteiger partial charge on any atom is 0.326 e. The first-order chi connectivity index (χ1) is 9.51. The Morgan fingerprint density at radius 2 is 1.75 bits per heavy atom. The predicted octanol–water partition coefficient (Wildman–Crippen LogP) is 1.87. The highest BCUT2D eigenvalue weighted by Crippen LogP contribution is 2.06. The number of carbonyl (C=O) groups excluding carboxylic acids is 2. The standard InChI is InChI=1S/C14H25NO5/c1-3-4-5-6-7-8-12(16)15-11(14(18)19)9-10-13(17)20-2/h11H,3-10H2,1-2H3,(H,15,16)(H,18,19). The molecule has 116 valence electrons. The van der Waals surface area contributed by atoms with E-state index < -0.39 is 18.0 Å². The number of amides is 1. The van der Waals surface area contributed by atoms with Crippen molar-refractivity contribution in [2.24, 2.45) is 0 Å². The second-order valence-corrected chi connectivity index (χ2v) is 4.74. The average Bonchev–Trinajstić information content (AvgIpc) is 2.42. The van der Waals surface area contributed by atoms with Crippen molar-refractivity contribution in [2.45, 2.75) is 64.3 Å². The average molecular weight is 287 g/mol. The summed E-state index contributed by atoms with van der Waals surface area (Å²) in [5, 5.41) is 11.4. The first-order valence-corrected chi connectivity index (χ1v) is 7.10. The van der Waals surface area contributed by atoms with Gasteiger partial charge in [-0.25, -0.2) is 4.79 Å². The number of hydrogen-bond donors (Lipinski definition) is 2. The molecule has 0 fully saturated rings. The molecule has 0 aromatic rings. The van der Waals surface area contributed by atoms with Crippen LogP contribution >= 0.6 is 0 Å². The Labute approximate surface area is 119 Å². The smallest absolute Gasteiger partial charge is 0.326 e. The van der Waals surface area contributed by atoms with Crippen LogP contribution in [-0.2, 0) is 19.1 Å². The molecule has 0 saturated carbocycles. The van der Waals surface area contributed by atoms with Gasteiger partial charge in [0.15, 0.2) is 0 Å². The van der Waals surface area contributed by atoms with Crippen LogP contribution in [-0.4, -0.2) is 36.1 Å². The van der Waals surface area contributed by atoms with Gasteiger partial charge < -0.3 is 15.2 Å². The largest absolute Gasteiger partial charge is 0.480 e. The minimum Gasteiger partial charge on any atom is -0.480 e. The number of methoxy groups -OCH3 is 1. The highest BCUT2D eigenvalue weighted by atomic mass is 16.5. The summed E-state index contributed by atoms with van der Waals surface area (Å²) in [6.45, 7) is 2.12. The Morgan fingerprint density at radius 1 is 1.10 bits per heavy atom. The summed E-state index contributed by atoms with van der Waals surface area (Å²) < 4.78 is 4.44. The van der Waals surface area contributed by atoms with Gasteiger partial charge in [0.1, 0.15) is 6.04 Å². The Kier molecular flexibility index (Phi) is 10.4. The summed E-state index contributed by atoms with van der Waals surface area (Å²) in [6, 6.07) is -1.03. The second kappa shape index (κ2) is 11.3. The Morgan fingerprint density at radius 3 is 2.30 bits per heavy atom. The SMILES string of the molecule is CCCCCCCC(=O)NC(CCC(=O)OC)C(=O)O. The van der Waals surface area contributed by atoms with E-state index in [0.29, 0.717) is 6.42 Å². The van der Waals surface area contributed by atoms with E-state index in [4.69, 9.17) is 5.11 Å². The summed E-state index contributed by atoms with van der Waals surface area (Å²) in [7, 11) is 1.24. The number of ether oxygens (including phenoxy) is 1. The number of carboxylic acid groups (broad SMARTS) is 1.